The van der Waals surface area contributed by atoms with Crippen molar-refractivity contribution >= 4 is 21.8 Å². The molecule has 13 heavy (non-hydrogen) atoms. The zero-order valence-corrected chi connectivity index (χ0v) is 9.77. The Bertz CT molecular complexity index is 172. The summed E-state index contributed by atoms with van der Waals surface area (Å²) in [7, 11) is 0. The Kier molecular flexibility index (Phi) is 4.78. The van der Waals surface area contributed by atoms with E-state index in [9.17, 15) is 4.79 Å². The lowest BCUT2D eigenvalue weighted by Crippen LogP contribution is -2.39. The van der Waals surface area contributed by atoms with Gasteiger partial charge in [0, 0.05) is 6.04 Å². The van der Waals surface area contributed by atoms with E-state index in [0.717, 1.165) is 6.42 Å². The molecule has 0 aliphatic heterocycles. The molecule has 0 aromatic heterocycles. The third-order valence-corrected chi connectivity index (χ3v) is 3.34. The molecule has 76 valence electrons. The standard InChI is InChI=1S/C10H18BrNO/c1-8-5-3-2-4-6-9(8)12-10(13)7-11/h8-9H,2-7H2,1H3,(H,12,13). The van der Waals surface area contributed by atoms with Crippen molar-refractivity contribution in [1.29, 1.82) is 0 Å². The van der Waals surface area contributed by atoms with Crippen molar-refractivity contribution in [2.24, 2.45) is 5.92 Å². The molecule has 2 nitrogen and oxygen atoms in total. The Morgan fingerprint density at radius 1 is 1.38 bits per heavy atom. The van der Waals surface area contributed by atoms with Crippen LogP contribution in [0.4, 0.5) is 0 Å². The van der Waals surface area contributed by atoms with Gasteiger partial charge in [-0.05, 0) is 18.8 Å². The van der Waals surface area contributed by atoms with Gasteiger partial charge in [0.2, 0.25) is 5.91 Å². The zero-order valence-electron chi connectivity index (χ0n) is 8.18. The number of rotatable bonds is 2. The molecule has 1 amide bonds. The zero-order chi connectivity index (χ0) is 9.68. The summed E-state index contributed by atoms with van der Waals surface area (Å²) in [5.74, 6) is 0.768. The monoisotopic (exact) mass is 247 g/mol. The van der Waals surface area contributed by atoms with Gasteiger partial charge in [0.15, 0.2) is 0 Å². The second kappa shape index (κ2) is 5.63. The quantitative estimate of drug-likeness (QED) is 0.590. The van der Waals surface area contributed by atoms with Crippen LogP contribution in [0.15, 0.2) is 0 Å². The van der Waals surface area contributed by atoms with Gasteiger partial charge in [-0.15, -0.1) is 0 Å². The molecule has 0 saturated heterocycles. The molecular formula is C10H18BrNO. The van der Waals surface area contributed by atoms with Crippen LogP contribution in [0.25, 0.3) is 0 Å². The highest BCUT2D eigenvalue weighted by atomic mass is 79.9. The number of hydrogen-bond donors (Lipinski definition) is 1. The summed E-state index contributed by atoms with van der Waals surface area (Å²) < 4.78 is 0. The average molecular weight is 248 g/mol. The van der Waals surface area contributed by atoms with Crippen LogP contribution in [-0.2, 0) is 4.79 Å². The van der Waals surface area contributed by atoms with Crippen LogP contribution in [0.5, 0.6) is 0 Å². The molecule has 1 N–H and O–H groups in total. The first kappa shape index (κ1) is 11.0. The number of alkyl halides is 1. The minimum atomic E-state index is 0.124. The molecule has 2 atom stereocenters. The van der Waals surface area contributed by atoms with Crippen LogP contribution in [0.2, 0.25) is 0 Å². The summed E-state index contributed by atoms with van der Waals surface area (Å²) in [6, 6.07) is 0.410. The Hall–Kier alpha value is -0.0500. The maximum atomic E-state index is 11.2. The van der Waals surface area contributed by atoms with E-state index >= 15 is 0 Å². The molecular weight excluding hydrogens is 230 g/mol. The topological polar surface area (TPSA) is 29.1 Å². The lowest BCUT2D eigenvalue weighted by molar-refractivity contribution is -0.119. The van der Waals surface area contributed by atoms with Gasteiger partial charge in [-0.2, -0.15) is 0 Å². The van der Waals surface area contributed by atoms with E-state index in [1.807, 2.05) is 0 Å². The fourth-order valence-electron chi connectivity index (χ4n) is 1.95. The molecule has 0 heterocycles. The summed E-state index contributed by atoms with van der Waals surface area (Å²) >= 11 is 3.17. The Morgan fingerprint density at radius 2 is 2.08 bits per heavy atom. The normalized spacial score (nSPS) is 29.4. The SMILES string of the molecule is CC1CCCCCC1NC(=O)CBr. The Labute approximate surface area is 88.6 Å². The number of amides is 1. The van der Waals surface area contributed by atoms with E-state index in [4.69, 9.17) is 0 Å². The lowest BCUT2D eigenvalue weighted by atomic mass is 9.97. The summed E-state index contributed by atoms with van der Waals surface area (Å²) in [5, 5.41) is 3.50. The van der Waals surface area contributed by atoms with Gasteiger partial charge in [-0.25, -0.2) is 0 Å². The number of hydrogen-bond acceptors (Lipinski definition) is 1. The first-order chi connectivity index (χ1) is 6.24. The minimum absolute atomic E-state index is 0.124. The first-order valence-corrected chi connectivity index (χ1v) is 6.21. The molecule has 1 rings (SSSR count). The predicted octanol–water partition coefficient (Wildman–Crippen LogP) is 2.47. The van der Waals surface area contributed by atoms with E-state index < -0.39 is 0 Å². The van der Waals surface area contributed by atoms with Crippen molar-refractivity contribution < 1.29 is 4.79 Å². The highest BCUT2D eigenvalue weighted by Gasteiger charge is 2.20. The average Bonchev–Trinajstić information content (AvgIpc) is 2.32. The maximum Gasteiger partial charge on any atom is 0.230 e. The van der Waals surface area contributed by atoms with E-state index in [-0.39, 0.29) is 5.91 Å². The number of carbonyl (C=O) groups excluding carboxylic acids is 1. The molecule has 1 aliphatic carbocycles. The highest BCUT2D eigenvalue weighted by Crippen LogP contribution is 2.22. The molecule has 1 aliphatic rings. The van der Waals surface area contributed by atoms with Crippen LogP contribution >= 0.6 is 15.9 Å². The van der Waals surface area contributed by atoms with Gasteiger partial charge >= 0.3 is 0 Å². The van der Waals surface area contributed by atoms with Gasteiger partial charge in [0.25, 0.3) is 0 Å². The number of nitrogens with one attached hydrogen (secondary N) is 1. The van der Waals surface area contributed by atoms with Crippen molar-refractivity contribution in [3.8, 4) is 0 Å². The van der Waals surface area contributed by atoms with Crippen molar-refractivity contribution in [2.45, 2.75) is 45.1 Å². The summed E-state index contributed by atoms with van der Waals surface area (Å²) in [6.07, 6.45) is 6.32. The van der Waals surface area contributed by atoms with Crippen molar-refractivity contribution in [3.05, 3.63) is 0 Å². The van der Waals surface area contributed by atoms with Gasteiger partial charge in [0.1, 0.15) is 0 Å². The van der Waals surface area contributed by atoms with Crippen molar-refractivity contribution in [1.82, 2.24) is 5.32 Å². The summed E-state index contributed by atoms with van der Waals surface area (Å²) in [5.41, 5.74) is 0. The molecule has 0 bridgehead atoms. The van der Waals surface area contributed by atoms with Crippen LogP contribution in [-0.4, -0.2) is 17.3 Å². The number of carbonyl (C=O) groups is 1. The van der Waals surface area contributed by atoms with Crippen molar-refractivity contribution in [3.63, 3.8) is 0 Å². The molecule has 1 saturated carbocycles. The van der Waals surface area contributed by atoms with Crippen molar-refractivity contribution in [2.75, 3.05) is 5.33 Å². The minimum Gasteiger partial charge on any atom is -0.352 e. The van der Waals surface area contributed by atoms with Crippen LogP contribution in [0.1, 0.15) is 39.0 Å². The third-order valence-electron chi connectivity index (χ3n) is 2.83. The molecule has 0 aromatic carbocycles. The Balaban J connectivity index is 2.40. The maximum absolute atomic E-state index is 11.2. The van der Waals surface area contributed by atoms with E-state index in [1.165, 1.54) is 25.7 Å². The third kappa shape index (κ3) is 3.67. The van der Waals surface area contributed by atoms with E-state index in [2.05, 4.69) is 28.2 Å². The molecule has 0 radical (unpaired) electrons. The van der Waals surface area contributed by atoms with Gasteiger partial charge < -0.3 is 5.32 Å². The van der Waals surface area contributed by atoms with Crippen LogP contribution in [0, 0.1) is 5.92 Å². The second-order valence-corrected chi connectivity index (χ2v) is 4.48. The van der Waals surface area contributed by atoms with Crippen LogP contribution < -0.4 is 5.32 Å². The van der Waals surface area contributed by atoms with Gasteiger partial charge in [-0.1, -0.05) is 42.1 Å². The fourth-order valence-corrected chi connectivity index (χ4v) is 2.11. The summed E-state index contributed by atoms with van der Waals surface area (Å²) in [4.78, 5) is 11.2. The molecule has 1 fully saturated rings. The fraction of sp³-hybridized carbons (Fsp3) is 0.900. The molecule has 0 spiro atoms. The van der Waals surface area contributed by atoms with E-state index in [0.29, 0.717) is 17.3 Å². The van der Waals surface area contributed by atoms with Crippen LogP contribution in [0.3, 0.4) is 0 Å². The largest absolute Gasteiger partial charge is 0.352 e. The smallest absolute Gasteiger partial charge is 0.230 e. The molecule has 3 heteroatoms. The van der Waals surface area contributed by atoms with Gasteiger partial charge in [0.05, 0.1) is 5.33 Å². The first-order valence-electron chi connectivity index (χ1n) is 5.09. The van der Waals surface area contributed by atoms with E-state index in [1.54, 1.807) is 0 Å². The number of halogens is 1. The molecule has 2 unspecified atom stereocenters. The second-order valence-electron chi connectivity index (χ2n) is 3.92. The molecule has 0 aromatic rings. The predicted molar refractivity (Wildman–Crippen MR) is 58.0 cm³/mol. The highest BCUT2D eigenvalue weighted by molar-refractivity contribution is 9.09. The summed E-state index contributed by atoms with van der Waals surface area (Å²) in [6.45, 7) is 2.24. The van der Waals surface area contributed by atoms with Gasteiger partial charge in [-0.3, -0.25) is 4.79 Å². The lowest BCUT2D eigenvalue weighted by Gasteiger charge is -2.22. The Morgan fingerprint density at radius 3 is 2.77 bits per heavy atom.